The molecule has 2 amide bonds. The number of hydrogen-bond donors (Lipinski definition) is 1. The molecule has 0 aromatic heterocycles. The molecular formula is C18H23ClN2O4. The molecule has 0 aliphatic carbocycles. The first-order valence-corrected chi connectivity index (χ1v) is 8.76. The molecule has 0 radical (unpaired) electrons. The fourth-order valence-electron chi connectivity index (χ4n) is 2.59. The molecule has 1 saturated heterocycles. The number of benzene rings is 1. The first-order valence-electron chi connectivity index (χ1n) is 8.38. The highest BCUT2D eigenvalue weighted by Crippen LogP contribution is 2.16. The average molecular weight is 367 g/mol. The Morgan fingerprint density at radius 1 is 1.28 bits per heavy atom. The third-order valence-corrected chi connectivity index (χ3v) is 4.62. The van der Waals surface area contributed by atoms with Crippen molar-refractivity contribution >= 4 is 29.4 Å². The Kier molecular flexibility index (Phi) is 6.82. The van der Waals surface area contributed by atoms with Gasteiger partial charge in [-0.3, -0.25) is 9.59 Å². The largest absolute Gasteiger partial charge is 0.454 e. The van der Waals surface area contributed by atoms with Crippen LogP contribution < -0.4 is 5.32 Å². The minimum absolute atomic E-state index is 0.204. The predicted molar refractivity (Wildman–Crippen MR) is 94.3 cm³/mol. The van der Waals surface area contributed by atoms with Crippen molar-refractivity contribution in [3.63, 3.8) is 0 Å². The van der Waals surface area contributed by atoms with Crippen molar-refractivity contribution in [3.8, 4) is 0 Å². The number of esters is 1. The number of ether oxygens (including phenoxy) is 1. The van der Waals surface area contributed by atoms with Gasteiger partial charge in [0.05, 0.1) is 10.6 Å². The molecule has 1 atom stereocenters. The van der Waals surface area contributed by atoms with Crippen LogP contribution in [0.15, 0.2) is 24.3 Å². The number of hydrogen-bond acceptors (Lipinski definition) is 4. The van der Waals surface area contributed by atoms with Gasteiger partial charge < -0.3 is 15.0 Å². The number of nitrogens with one attached hydrogen (secondary N) is 1. The summed E-state index contributed by atoms with van der Waals surface area (Å²) in [7, 11) is 0. The third kappa shape index (κ3) is 5.46. The minimum Gasteiger partial charge on any atom is -0.454 e. The molecule has 1 N–H and O–H groups in total. The van der Waals surface area contributed by atoms with Crippen LogP contribution in [-0.2, 0) is 14.3 Å². The van der Waals surface area contributed by atoms with Gasteiger partial charge in [0.25, 0.3) is 11.8 Å². The molecule has 7 heteroatoms. The summed E-state index contributed by atoms with van der Waals surface area (Å²) in [6.45, 7) is 4.74. The molecule has 136 valence electrons. The summed E-state index contributed by atoms with van der Waals surface area (Å²) in [5.41, 5.74) is 0.280. The zero-order valence-corrected chi connectivity index (χ0v) is 15.2. The lowest BCUT2D eigenvalue weighted by molar-refractivity contribution is -0.153. The number of piperidine rings is 1. The van der Waals surface area contributed by atoms with Crippen LogP contribution in [0.3, 0.4) is 0 Å². The summed E-state index contributed by atoms with van der Waals surface area (Å²) in [6.07, 6.45) is 1.92. The smallest absolute Gasteiger partial charge is 0.328 e. The molecule has 0 bridgehead atoms. The van der Waals surface area contributed by atoms with Crippen molar-refractivity contribution < 1.29 is 19.1 Å². The molecule has 0 spiro atoms. The average Bonchev–Trinajstić information content (AvgIpc) is 2.60. The quantitative estimate of drug-likeness (QED) is 0.811. The van der Waals surface area contributed by atoms with Gasteiger partial charge in [0.1, 0.15) is 6.04 Å². The van der Waals surface area contributed by atoms with E-state index < -0.39 is 17.9 Å². The summed E-state index contributed by atoms with van der Waals surface area (Å²) in [5, 5.41) is 2.82. The number of amides is 2. The second kappa shape index (κ2) is 8.85. The summed E-state index contributed by atoms with van der Waals surface area (Å²) < 4.78 is 5.03. The monoisotopic (exact) mass is 366 g/mol. The molecular weight excluding hydrogens is 344 g/mol. The van der Waals surface area contributed by atoms with Crippen molar-refractivity contribution in [2.75, 3.05) is 19.7 Å². The van der Waals surface area contributed by atoms with Crippen molar-refractivity contribution in [1.29, 1.82) is 0 Å². The molecule has 1 aromatic rings. The van der Waals surface area contributed by atoms with Crippen LogP contribution in [-0.4, -0.2) is 48.4 Å². The van der Waals surface area contributed by atoms with Crippen LogP contribution in [0.2, 0.25) is 5.02 Å². The molecule has 1 aliphatic heterocycles. The predicted octanol–water partition coefficient (Wildman–Crippen LogP) is 2.26. The second-order valence-corrected chi connectivity index (χ2v) is 6.75. The Bertz CT molecular complexity index is 642. The first kappa shape index (κ1) is 19.2. The zero-order chi connectivity index (χ0) is 18.4. The maximum Gasteiger partial charge on any atom is 0.328 e. The van der Waals surface area contributed by atoms with Gasteiger partial charge in [-0.1, -0.05) is 30.7 Å². The van der Waals surface area contributed by atoms with Gasteiger partial charge in [-0.05, 0) is 37.8 Å². The van der Waals surface area contributed by atoms with Gasteiger partial charge in [-0.2, -0.15) is 0 Å². The number of likely N-dealkylation sites (tertiary alicyclic amines) is 1. The van der Waals surface area contributed by atoms with Gasteiger partial charge in [0.15, 0.2) is 6.61 Å². The lowest BCUT2D eigenvalue weighted by Gasteiger charge is -2.30. The van der Waals surface area contributed by atoms with Crippen molar-refractivity contribution in [1.82, 2.24) is 10.2 Å². The fourth-order valence-corrected chi connectivity index (χ4v) is 2.81. The van der Waals surface area contributed by atoms with Crippen molar-refractivity contribution in [3.05, 3.63) is 34.9 Å². The van der Waals surface area contributed by atoms with Gasteiger partial charge in [0, 0.05) is 13.1 Å². The SMILES string of the molecule is CC1CCN(C(=O)COC(=O)C(C)NC(=O)c2ccccc2Cl)CC1. The van der Waals surface area contributed by atoms with Crippen molar-refractivity contribution in [2.24, 2.45) is 5.92 Å². The third-order valence-electron chi connectivity index (χ3n) is 4.29. The van der Waals surface area contributed by atoms with Gasteiger partial charge in [-0.25, -0.2) is 4.79 Å². The standard InChI is InChI=1S/C18H23ClN2O4/c1-12-7-9-21(10-8-12)16(22)11-25-18(24)13(2)20-17(23)14-5-3-4-6-15(14)19/h3-6,12-13H,7-11H2,1-2H3,(H,20,23). The van der Waals surface area contributed by atoms with E-state index in [0.29, 0.717) is 24.0 Å². The summed E-state index contributed by atoms with van der Waals surface area (Å²) >= 11 is 5.95. The molecule has 6 nitrogen and oxygen atoms in total. The highest BCUT2D eigenvalue weighted by atomic mass is 35.5. The molecule has 2 rings (SSSR count). The topological polar surface area (TPSA) is 75.7 Å². The summed E-state index contributed by atoms with van der Waals surface area (Å²) in [6, 6.07) is 5.68. The van der Waals surface area contributed by atoms with Crippen LogP contribution >= 0.6 is 11.6 Å². The lowest BCUT2D eigenvalue weighted by atomic mass is 9.99. The first-order chi connectivity index (χ1) is 11.9. The molecule has 0 saturated carbocycles. The Balaban J connectivity index is 1.79. The summed E-state index contributed by atoms with van der Waals surface area (Å²) in [5.74, 6) is -0.706. The highest BCUT2D eigenvalue weighted by Gasteiger charge is 2.23. The Labute approximate surface area is 152 Å². The zero-order valence-electron chi connectivity index (χ0n) is 14.5. The Morgan fingerprint density at radius 3 is 2.56 bits per heavy atom. The van der Waals surface area contributed by atoms with Crippen LogP contribution in [0.1, 0.15) is 37.0 Å². The minimum atomic E-state index is -0.877. The van der Waals surface area contributed by atoms with E-state index >= 15 is 0 Å². The number of rotatable bonds is 5. The second-order valence-electron chi connectivity index (χ2n) is 6.35. The number of nitrogens with zero attached hydrogens (tertiary/aromatic N) is 1. The van der Waals surface area contributed by atoms with Gasteiger partial charge in [0.2, 0.25) is 0 Å². The molecule has 1 aromatic carbocycles. The van der Waals surface area contributed by atoms with Crippen molar-refractivity contribution in [2.45, 2.75) is 32.7 Å². The van der Waals surface area contributed by atoms with E-state index in [1.54, 1.807) is 29.2 Å². The lowest BCUT2D eigenvalue weighted by Crippen LogP contribution is -2.43. The number of carbonyl (C=O) groups excluding carboxylic acids is 3. The van der Waals surface area contributed by atoms with Gasteiger partial charge in [-0.15, -0.1) is 0 Å². The van der Waals surface area contributed by atoms with E-state index in [1.807, 2.05) is 0 Å². The molecule has 1 heterocycles. The Morgan fingerprint density at radius 2 is 1.92 bits per heavy atom. The van der Waals surface area contributed by atoms with Crippen LogP contribution in [0.5, 0.6) is 0 Å². The van der Waals surface area contributed by atoms with E-state index in [0.717, 1.165) is 12.8 Å². The number of halogens is 1. The van der Waals surface area contributed by atoms with Crippen LogP contribution in [0.4, 0.5) is 0 Å². The van der Waals surface area contributed by atoms with Crippen LogP contribution in [0, 0.1) is 5.92 Å². The molecule has 25 heavy (non-hydrogen) atoms. The maximum absolute atomic E-state index is 12.1. The summed E-state index contributed by atoms with van der Waals surface area (Å²) in [4.78, 5) is 37.9. The van der Waals surface area contributed by atoms with E-state index in [1.165, 1.54) is 6.92 Å². The molecule has 1 aliphatic rings. The highest BCUT2D eigenvalue weighted by molar-refractivity contribution is 6.33. The molecule has 1 fully saturated rings. The normalized spacial score (nSPS) is 16.2. The van der Waals surface area contributed by atoms with E-state index in [4.69, 9.17) is 16.3 Å². The fraction of sp³-hybridized carbons (Fsp3) is 0.500. The maximum atomic E-state index is 12.1. The Hall–Kier alpha value is -2.08. The van der Waals surface area contributed by atoms with E-state index in [-0.39, 0.29) is 18.1 Å². The van der Waals surface area contributed by atoms with E-state index in [9.17, 15) is 14.4 Å². The van der Waals surface area contributed by atoms with Gasteiger partial charge >= 0.3 is 5.97 Å². The number of carbonyl (C=O) groups is 3. The van der Waals surface area contributed by atoms with Crippen LogP contribution in [0.25, 0.3) is 0 Å². The molecule has 1 unspecified atom stereocenters. The van der Waals surface area contributed by atoms with E-state index in [2.05, 4.69) is 12.2 Å².